The van der Waals surface area contributed by atoms with Crippen LogP contribution in [0.4, 0.5) is 0 Å². The van der Waals surface area contributed by atoms with Crippen LogP contribution >= 0.6 is 0 Å². The summed E-state index contributed by atoms with van der Waals surface area (Å²) in [4.78, 5) is 18.1. The molecule has 5 heteroatoms. The number of carbonyl (C=O) groups is 1. The van der Waals surface area contributed by atoms with Crippen molar-refractivity contribution in [3.63, 3.8) is 0 Å². The van der Waals surface area contributed by atoms with Crippen LogP contribution in [-0.2, 0) is 11.3 Å². The number of imidazole rings is 1. The third-order valence-electron chi connectivity index (χ3n) is 2.03. The number of amides is 1. The van der Waals surface area contributed by atoms with Crippen molar-refractivity contribution in [2.24, 2.45) is 11.7 Å². The van der Waals surface area contributed by atoms with Crippen LogP contribution < -0.4 is 11.1 Å². The summed E-state index contributed by atoms with van der Waals surface area (Å²) in [5, 5.41) is 2.73. The molecule has 0 saturated heterocycles. The van der Waals surface area contributed by atoms with E-state index in [4.69, 9.17) is 5.73 Å². The van der Waals surface area contributed by atoms with Crippen LogP contribution in [0.25, 0.3) is 0 Å². The molecule has 1 aromatic rings. The molecule has 4 N–H and O–H groups in total. The van der Waals surface area contributed by atoms with Crippen LogP contribution in [0.3, 0.4) is 0 Å². The molecular weight excluding hydrogens is 180 g/mol. The van der Waals surface area contributed by atoms with Gasteiger partial charge in [-0.1, -0.05) is 13.8 Å². The summed E-state index contributed by atoms with van der Waals surface area (Å²) in [6.07, 6.45) is 3.24. The maximum absolute atomic E-state index is 11.4. The van der Waals surface area contributed by atoms with Crippen molar-refractivity contribution in [1.82, 2.24) is 15.3 Å². The van der Waals surface area contributed by atoms with E-state index >= 15 is 0 Å². The SMILES string of the molecule is CC(C)C(N)C(=O)NCc1cnc[nH]1. The maximum Gasteiger partial charge on any atom is 0.237 e. The van der Waals surface area contributed by atoms with Gasteiger partial charge in [-0.3, -0.25) is 4.79 Å². The molecule has 0 aliphatic carbocycles. The minimum absolute atomic E-state index is 0.130. The van der Waals surface area contributed by atoms with Crippen molar-refractivity contribution in [2.45, 2.75) is 26.4 Å². The van der Waals surface area contributed by atoms with Crippen LogP contribution in [0.5, 0.6) is 0 Å². The first-order valence-electron chi connectivity index (χ1n) is 4.62. The second kappa shape index (κ2) is 4.76. The Hall–Kier alpha value is -1.36. The maximum atomic E-state index is 11.4. The van der Waals surface area contributed by atoms with E-state index in [1.165, 1.54) is 0 Å². The highest BCUT2D eigenvalue weighted by molar-refractivity contribution is 5.81. The van der Waals surface area contributed by atoms with E-state index in [0.29, 0.717) is 6.54 Å². The number of aromatic amines is 1. The van der Waals surface area contributed by atoms with E-state index in [1.54, 1.807) is 12.5 Å². The van der Waals surface area contributed by atoms with Gasteiger partial charge in [-0.05, 0) is 5.92 Å². The minimum atomic E-state index is -0.446. The number of hydrogen-bond acceptors (Lipinski definition) is 3. The highest BCUT2D eigenvalue weighted by atomic mass is 16.2. The summed E-state index contributed by atoms with van der Waals surface area (Å²) in [6, 6.07) is -0.446. The number of aromatic nitrogens is 2. The lowest BCUT2D eigenvalue weighted by molar-refractivity contribution is -0.123. The average Bonchev–Trinajstić information content (AvgIpc) is 2.65. The van der Waals surface area contributed by atoms with Gasteiger partial charge >= 0.3 is 0 Å². The largest absolute Gasteiger partial charge is 0.349 e. The van der Waals surface area contributed by atoms with Crippen LogP contribution in [0.15, 0.2) is 12.5 Å². The van der Waals surface area contributed by atoms with Gasteiger partial charge in [0.2, 0.25) is 5.91 Å². The van der Waals surface area contributed by atoms with Gasteiger partial charge in [-0.2, -0.15) is 0 Å². The molecule has 1 rings (SSSR count). The van der Waals surface area contributed by atoms with Crippen molar-refractivity contribution < 1.29 is 4.79 Å². The first-order valence-corrected chi connectivity index (χ1v) is 4.62. The molecule has 0 radical (unpaired) electrons. The van der Waals surface area contributed by atoms with E-state index in [-0.39, 0.29) is 11.8 Å². The molecule has 1 amide bonds. The van der Waals surface area contributed by atoms with Crippen LogP contribution in [0.2, 0.25) is 0 Å². The molecule has 0 fully saturated rings. The summed E-state index contributed by atoms with van der Waals surface area (Å²) in [6.45, 7) is 4.28. The molecule has 1 aromatic heterocycles. The van der Waals surface area contributed by atoms with Crippen molar-refractivity contribution in [1.29, 1.82) is 0 Å². The van der Waals surface area contributed by atoms with Gasteiger partial charge in [0.05, 0.1) is 24.6 Å². The van der Waals surface area contributed by atoms with E-state index in [1.807, 2.05) is 13.8 Å². The van der Waals surface area contributed by atoms with Gasteiger partial charge in [-0.15, -0.1) is 0 Å². The number of carbonyl (C=O) groups excluding carboxylic acids is 1. The summed E-state index contributed by atoms with van der Waals surface area (Å²) < 4.78 is 0. The standard InChI is InChI=1S/C9H16N4O/c1-6(2)8(10)9(14)12-4-7-3-11-5-13-7/h3,5-6,8H,4,10H2,1-2H3,(H,11,13)(H,12,14). The average molecular weight is 196 g/mol. The predicted molar refractivity (Wildman–Crippen MR) is 53.2 cm³/mol. The second-order valence-corrected chi connectivity index (χ2v) is 3.56. The molecule has 14 heavy (non-hydrogen) atoms. The topological polar surface area (TPSA) is 83.8 Å². The zero-order valence-corrected chi connectivity index (χ0v) is 8.45. The fourth-order valence-corrected chi connectivity index (χ4v) is 0.984. The Balaban J connectivity index is 2.35. The summed E-state index contributed by atoms with van der Waals surface area (Å²) >= 11 is 0. The van der Waals surface area contributed by atoms with Crippen LogP contribution in [0, 0.1) is 5.92 Å². The first-order chi connectivity index (χ1) is 6.61. The molecule has 1 atom stereocenters. The number of H-pyrrole nitrogens is 1. The number of rotatable bonds is 4. The Bertz CT molecular complexity index is 281. The Morgan fingerprint density at radius 3 is 2.93 bits per heavy atom. The molecule has 0 spiro atoms. The number of nitrogens with two attached hydrogens (primary N) is 1. The first kappa shape index (κ1) is 10.7. The molecule has 0 aliphatic heterocycles. The third-order valence-corrected chi connectivity index (χ3v) is 2.03. The van der Waals surface area contributed by atoms with Gasteiger partial charge < -0.3 is 16.0 Å². The summed E-state index contributed by atoms with van der Waals surface area (Å²) in [5.41, 5.74) is 6.53. The Morgan fingerprint density at radius 2 is 2.43 bits per heavy atom. The Morgan fingerprint density at radius 1 is 1.71 bits per heavy atom. The van der Waals surface area contributed by atoms with Crippen molar-refractivity contribution >= 4 is 5.91 Å². The van der Waals surface area contributed by atoms with Crippen molar-refractivity contribution in [3.8, 4) is 0 Å². The van der Waals surface area contributed by atoms with Crippen LogP contribution in [0.1, 0.15) is 19.5 Å². The molecule has 1 unspecified atom stereocenters. The molecule has 0 aliphatic rings. The zero-order valence-electron chi connectivity index (χ0n) is 8.45. The Kier molecular flexibility index (Phi) is 3.64. The van der Waals surface area contributed by atoms with E-state index in [0.717, 1.165) is 5.69 Å². The fraction of sp³-hybridized carbons (Fsp3) is 0.556. The Labute approximate surface area is 83.1 Å². The smallest absolute Gasteiger partial charge is 0.237 e. The van der Waals surface area contributed by atoms with Gasteiger partial charge in [0.15, 0.2) is 0 Å². The monoisotopic (exact) mass is 196 g/mol. The van der Waals surface area contributed by atoms with E-state index in [2.05, 4.69) is 15.3 Å². The normalized spacial score (nSPS) is 12.9. The molecule has 78 valence electrons. The van der Waals surface area contributed by atoms with Gasteiger partial charge in [0.1, 0.15) is 0 Å². The number of nitrogens with zero attached hydrogens (tertiary/aromatic N) is 1. The summed E-state index contributed by atoms with van der Waals surface area (Å²) in [7, 11) is 0. The zero-order chi connectivity index (χ0) is 10.6. The second-order valence-electron chi connectivity index (χ2n) is 3.56. The molecule has 0 saturated carbocycles. The highest BCUT2D eigenvalue weighted by Crippen LogP contribution is 1.98. The quantitative estimate of drug-likeness (QED) is 0.634. The lowest BCUT2D eigenvalue weighted by atomic mass is 10.1. The number of hydrogen-bond donors (Lipinski definition) is 3. The predicted octanol–water partition coefficient (Wildman–Crippen LogP) is 0.00920. The van der Waals surface area contributed by atoms with E-state index < -0.39 is 6.04 Å². The van der Waals surface area contributed by atoms with Crippen molar-refractivity contribution in [3.05, 3.63) is 18.2 Å². The molecular formula is C9H16N4O. The number of nitrogens with one attached hydrogen (secondary N) is 2. The molecule has 5 nitrogen and oxygen atoms in total. The fourth-order valence-electron chi connectivity index (χ4n) is 0.984. The van der Waals surface area contributed by atoms with Crippen molar-refractivity contribution in [2.75, 3.05) is 0 Å². The third kappa shape index (κ3) is 2.85. The molecule has 0 aromatic carbocycles. The summed E-state index contributed by atoms with van der Waals surface area (Å²) in [5.74, 6) is 0.0198. The van der Waals surface area contributed by atoms with Gasteiger partial charge in [0.25, 0.3) is 0 Å². The van der Waals surface area contributed by atoms with Gasteiger partial charge in [-0.25, -0.2) is 4.98 Å². The highest BCUT2D eigenvalue weighted by Gasteiger charge is 2.16. The minimum Gasteiger partial charge on any atom is -0.349 e. The van der Waals surface area contributed by atoms with E-state index in [9.17, 15) is 4.79 Å². The molecule has 0 bridgehead atoms. The lowest BCUT2D eigenvalue weighted by Crippen LogP contribution is -2.43. The lowest BCUT2D eigenvalue weighted by Gasteiger charge is -2.14. The van der Waals surface area contributed by atoms with Gasteiger partial charge in [0, 0.05) is 6.20 Å². The van der Waals surface area contributed by atoms with Crippen LogP contribution in [-0.4, -0.2) is 21.9 Å². The molecule has 1 heterocycles.